The number of carboxylic acid groups (broad SMARTS) is 1. The number of amides is 2. The molecule has 4 fully saturated rings. The van der Waals surface area contributed by atoms with Crippen LogP contribution in [0.4, 0.5) is 4.79 Å². The van der Waals surface area contributed by atoms with Crippen molar-refractivity contribution in [3.63, 3.8) is 0 Å². The van der Waals surface area contributed by atoms with Gasteiger partial charge in [-0.1, -0.05) is 59.2 Å². The van der Waals surface area contributed by atoms with Crippen LogP contribution in [0.25, 0.3) is 5.57 Å². The molecule has 8 atom stereocenters. The maximum Gasteiger partial charge on any atom is 0.335 e. The van der Waals surface area contributed by atoms with Crippen molar-refractivity contribution in [3.05, 3.63) is 41.5 Å². The van der Waals surface area contributed by atoms with Crippen molar-refractivity contribution < 1.29 is 24.2 Å². The van der Waals surface area contributed by atoms with Gasteiger partial charge in [-0.15, -0.1) is 0 Å². The molecule has 4 saturated carbocycles. The first kappa shape index (κ1) is 32.1. The zero-order valence-corrected chi connectivity index (χ0v) is 28.3. The molecule has 3 N–H and O–H groups in total. The normalized spacial score (nSPS) is 39.6. The molecule has 5 aliphatic carbocycles. The highest BCUT2D eigenvalue weighted by molar-refractivity contribution is 5.88. The number of carbonyl (C=O) groups is 3. The topological polar surface area (TPSA) is 105 Å². The van der Waals surface area contributed by atoms with E-state index in [-0.39, 0.29) is 39.7 Å². The predicted molar refractivity (Wildman–Crippen MR) is 175 cm³/mol. The van der Waals surface area contributed by atoms with Crippen molar-refractivity contribution in [2.75, 3.05) is 20.2 Å². The van der Waals surface area contributed by atoms with Crippen molar-refractivity contribution in [3.8, 4) is 0 Å². The number of fused-ring (bicyclic) bond motifs is 7. The fourth-order valence-electron chi connectivity index (χ4n) is 12.4. The molecule has 0 aromatic heterocycles. The summed E-state index contributed by atoms with van der Waals surface area (Å²) in [7, 11) is 1.33. The number of aromatic carboxylic acids is 1. The van der Waals surface area contributed by atoms with Crippen LogP contribution in [0.2, 0.25) is 0 Å². The monoisotopic (exact) mass is 618 g/mol. The van der Waals surface area contributed by atoms with E-state index in [4.69, 9.17) is 0 Å². The molecule has 0 heterocycles. The second-order valence-electron chi connectivity index (χ2n) is 16.6. The number of esters is 1. The van der Waals surface area contributed by atoms with E-state index in [9.17, 15) is 19.5 Å². The van der Waals surface area contributed by atoms with Crippen molar-refractivity contribution >= 4 is 23.5 Å². The van der Waals surface area contributed by atoms with E-state index < -0.39 is 11.9 Å². The highest BCUT2D eigenvalue weighted by Gasteiger charge is 2.69. The van der Waals surface area contributed by atoms with Crippen molar-refractivity contribution in [1.29, 1.82) is 0 Å². The molecule has 0 spiro atoms. The van der Waals surface area contributed by atoms with E-state index in [0.29, 0.717) is 35.8 Å². The minimum atomic E-state index is -0.878. The fraction of sp³-hybridized carbons (Fsp3) is 0.711. The lowest BCUT2D eigenvalue weighted by Crippen LogP contribution is -2.65. The fourth-order valence-corrected chi connectivity index (χ4v) is 12.4. The second kappa shape index (κ2) is 11.2. The number of carboxylic acids is 1. The predicted octanol–water partition coefficient (Wildman–Crippen LogP) is 7.71. The number of hydrogen-bond donors (Lipinski definition) is 3. The first-order valence-corrected chi connectivity index (χ1v) is 17.3. The maximum atomic E-state index is 12.6. The van der Waals surface area contributed by atoms with Gasteiger partial charge in [0.15, 0.2) is 0 Å². The van der Waals surface area contributed by atoms with Gasteiger partial charge in [0.25, 0.3) is 0 Å². The zero-order chi connectivity index (χ0) is 32.4. The summed E-state index contributed by atoms with van der Waals surface area (Å²) < 4.78 is 4.67. The molecule has 6 rings (SSSR count). The highest BCUT2D eigenvalue weighted by Crippen LogP contribution is 2.77. The Morgan fingerprint density at radius 1 is 0.844 bits per heavy atom. The van der Waals surface area contributed by atoms with Crippen molar-refractivity contribution in [2.24, 2.45) is 50.7 Å². The first-order valence-electron chi connectivity index (χ1n) is 17.3. The lowest BCUT2D eigenvalue weighted by molar-refractivity contribution is -0.222. The summed E-state index contributed by atoms with van der Waals surface area (Å²) in [5.41, 5.74) is 3.80. The van der Waals surface area contributed by atoms with E-state index in [2.05, 4.69) is 56.1 Å². The smallest absolute Gasteiger partial charge is 0.335 e. The summed E-state index contributed by atoms with van der Waals surface area (Å²) >= 11 is 0. The van der Waals surface area contributed by atoms with E-state index in [1.165, 1.54) is 64.0 Å². The molecule has 0 aliphatic heterocycles. The number of hydrogen-bond acceptors (Lipinski definition) is 4. The Labute approximate surface area is 269 Å². The lowest BCUT2D eigenvalue weighted by Gasteiger charge is -2.72. The van der Waals surface area contributed by atoms with Crippen LogP contribution in [0.15, 0.2) is 30.3 Å². The molecule has 1 aromatic rings. The van der Waals surface area contributed by atoms with Gasteiger partial charge in [-0.3, -0.25) is 4.79 Å². The molecule has 5 aliphatic rings. The molecule has 45 heavy (non-hydrogen) atoms. The van der Waals surface area contributed by atoms with Gasteiger partial charge in [0.05, 0.1) is 12.7 Å². The molecule has 7 unspecified atom stereocenters. The Morgan fingerprint density at radius 2 is 1.58 bits per heavy atom. The summed E-state index contributed by atoms with van der Waals surface area (Å²) in [4.78, 5) is 35.6. The molecule has 0 bridgehead atoms. The SMILES string of the molecule is COC(=O)CNC(=O)NCC12CCCC1C1CCC3C4(C)CC=C(c5ccc(C(=O)O)cc5)C(C)(C)C4CCC3(C)[C@]1(C)CC2. The second-order valence-corrected chi connectivity index (χ2v) is 16.6. The number of nitrogens with one attached hydrogen (secondary N) is 2. The average molecular weight is 619 g/mol. The van der Waals surface area contributed by atoms with Gasteiger partial charge < -0.3 is 20.5 Å². The number of allylic oxidation sites excluding steroid dienone is 2. The molecule has 0 saturated heterocycles. The maximum absolute atomic E-state index is 12.6. The van der Waals surface area contributed by atoms with Gasteiger partial charge in [-0.25, -0.2) is 9.59 Å². The van der Waals surface area contributed by atoms with Crippen LogP contribution in [0, 0.1) is 50.7 Å². The van der Waals surface area contributed by atoms with Crippen LogP contribution < -0.4 is 10.6 Å². The van der Waals surface area contributed by atoms with E-state index in [1.54, 1.807) is 12.1 Å². The summed E-state index contributed by atoms with van der Waals surface area (Å²) in [6, 6.07) is 7.23. The summed E-state index contributed by atoms with van der Waals surface area (Å²) in [5, 5.41) is 15.2. The first-order chi connectivity index (χ1) is 21.2. The van der Waals surface area contributed by atoms with Crippen LogP contribution in [-0.2, 0) is 9.53 Å². The molecule has 246 valence electrons. The number of rotatable bonds is 6. The van der Waals surface area contributed by atoms with Gasteiger partial charge in [-0.05, 0) is 132 Å². The Balaban J connectivity index is 1.23. The Hall–Kier alpha value is -2.83. The highest BCUT2D eigenvalue weighted by atomic mass is 16.5. The van der Waals surface area contributed by atoms with Crippen LogP contribution >= 0.6 is 0 Å². The minimum absolute atomic E-state index is 0.00407. The van der Waals surface area contributed by atoms with Crippen LogP contribution in [0.1, 0.15) is 115 Å². The van der Waals surface area contributed by atoms with Gasteiger partial charge >= 0.3 is 18.0 Å². The van der Waals surface area contributed by atoms with Gasteiger partial charge in [0, 0.05) is 6.54 Å². The van der Waals surface area contributed by atoms with Gasteiger partial charge in [-0.2, -0.15) is 0 Å². The minimum Gasteiger partial charge on any atom is -0.478 e. The quantitative estimate of drug-likeness (QED) is 0.283. The Bertz CT molecular complexity index is 1380. The van der Waals surface area contributed by atoms with E-state index in [0.717, 1.165) is 18.4 Å². The molecular formula is C38H54N2O5. The van der Waals surface area contributed by atoms with Crippen LogP contribution in [0.5, 0.6) is 0 Å². The standard InChI is InChI=1S/C38H54N2O5/c1-34(2)26(24-9-11-25(12-10-24)32(42)43)15-18-35(3)29(34)16-19-37(5)30(35)14-13-27-28-8-7-17-38(28,21-20-36(27,37)4)23-40-33(44)39-22-31(41)45-6/h9-12,15,27-30H,7-8,13-14,16-23H2,1-6H3,(H,42,43)(H2,39,40,44)/t27?,28?,29?,30?,35?,36-,37?,38?/m1/s1. The van der Waals surface area contributed by atoms with Gasteiger partial charge in [0.1, 0.15) is 6.54 Å². The third-order valence-electron chi connectivity index (χ3n) is 14.8. The van der Waals surface area contributed by atoms with E-state index >= 15 is 0 Å². The molecule has 7 heteroatoms. The van der Waals surface area contributed by atoms with E-state index in [1.807, 2.05) is 12.1 Å². The molecule has 7 nitrogen and oxygen atoms in total. The van der Waals surface area contributed by atoms with Crippen molar-refractivity contribution in [1.82, 2.24) is 10.6 Å². The van der Waals surface area contributed by atoms with Gasteiger partial charge in [0.2, 0.25) is 0 Å². The Kier molecular flexibility index (Phi) is 7.96. The molecule has 1 aromatic carbocycles. The summed E-state index contributed by atoms with van der Waals surface area (Å²) in [6.07, 6.45) is 14.7. The molecule has 2 amide bonds. The number of carbonyl (C=O) groups excluding carboxylic acids is 2. The van der Waals surface area contributed by atoms with Crippen LogP contribution in [-0.4, -0.2) is 43.3 Å². The van der Waals surface area contributed by atoms with Crippen LogP contribution in [0.3, 0.4) is 0 Å². The number of urea groups is 1. The number of ether oxygens (including phenoxy) is 1. The number of methoxy groups -OCH3 is 1. The van der Waals surface area contributed by atoms with Crippen molar-refractivity contribution in [2.45, 2.75) is 98.8 Å². The molecule has 0 radical (unpaired) electrons. The Morgan fingerprint density at radius 3 is 2.27 bits per heavy atom. The lowest BCUT2D eigenvalue weighted by atomic mass is 9.32. The summed E-state index contributed by atoms with van der Waals surface area (Å²) in [6.45, 7) is 13.4. The third kappa shape index (κ3) is 4.85. The third-order valence-corrected chi connectivity index (χ3v) is 14.8. The summed E-state index contributed by atoms with van der Waals surface area (Å²) in [5.74, 6) is 1.22. The molecular weight excluding hydrogens is 564 g/mol. The number of benzene rings is 1. The average Bonchev–Trinajstić information content (AvgIpc) is 3.43. The largest absolute Gasteiger partial charge is 0.478 e. The zero-order valence-electron chi connectivity index (χ0n) is 28.3.